The van der Waals surface area contributed by atoms with Crippen LogP contribution in [-0.2, 0) is 4.79 Å². The molecule has 74 valence electrons. The van der Waals surface area contributed by atoms with E-state index in [0.29, 0.717) is 17.6 Å². The summed E-state index contributed by atoms with van der Waals surface area (Å²) in [7, 11) is 0. The van der Waals surface area contributed by atoms with Crippen molar-refractivity contribution in [2.75, 3.05) is 0 Å². The zero-order chi connectivity index (χ0) is 9.97. The Bertz CT molecular complexity index is 315. The van der Waals surface area contributed by atoms with Crippen molar-refractivity contribution >= 4 is 5.78 Å². The fourth-order valence-electron chi connectivity index (χ4n) is 2.05. The van der Waals surface area contributed by atoms with Crippen molar-refractivity contribution in [3.8, 4) is 0 Å². The molecule has 0 saturated heterocycles. The number of ketones is 1. The number of rotatable bonds is 4. The Morgan fingerprint density at radius 1 is 1.36 bits per heavy atom. The zero-order valence-corrected chi connectivity index (χ0v) is 8.57. The third-order valence-corrected chi connectivity index (χ3v) is 2.93. The molecule has 1 fully saturated rings. The topological polar surface area (TPSA) is 17.1 Å². The predicted molar refractivity (Wildman–Crippen MR) is 57.2 cm³/mol. The van der Waals surface area contributed by atoms with E-state index in [0.717, 1.165) is 19.3 Å². The highest BCUT2D eigenvalue weighted by atomic mass is 16.1. The first kappa shape index (κ1) is 9.45. The number of carbonyl (C=O) groups excluding carboxylic acids is 1. The summed E-state index contributed by atoms with van der Waals surface area (Å²) in [5.74, 6) is 1.31. The number of benzene rings is 1. The number of carbonyl (C=O) groups is 1. The van der Waals surface area contributed by atoms with Gasteiger partial charge in [0.05, 0.1) is 0 Å². The van der Waals surface area contributed by atoms with Crippen molar-refractivity contribution < 1.29 is 4.79 Å². The van der Waals surface area contributed by atoms with Crippen LogP contribution < -0.4 is 0 Å². The van der Waals surface area contributed by atoms with Crippen molar-refractivity contribution in [1.29, 1.82) is 0 Å². The molecule has 0 amide bonds. The monoisotopic (exact) mass is 188 g/mol. The lowest BCUT2D eigenvalue weighted by molar-refractivity contribution is -0.120. The minimum absolute atomic E-state index is 0.331. The SMILES string of the molecule is CCCC(=O)[C@@H]1C[C@H]1c1ccccc1. The van der Waals surface area contributed by atoms with E-state index in [1.54, 1.807) is 0 Å². The lowest BCUT2D eigenvalue weighted by atomic mass is 10.1. The van der Waals surface area contributed by atoms with Gasteiger partial charge in [0.15, 0.2) is 0 Å². The molecule has 1 saturated carbocycles. The van der Waals surface area contributed by atoms with E-state index < -0.39 is 0 Å². The van der Waals surface area contributed by atoms with Gasteiger partial charge in [0.1, 0.15) is 5.78 Å². The van der Waals surface area contributed by atoms with Gasteiger partial charge in [-0.25, -0.2) is 0 Å². The highest BCUT2D eigenvalue weighted by Crippen LogP contribution is 2.48. The van der Waals surface area contributed by atoms with Crippen molar-refractivity contribution in [3.63, 3.8) is 0 Å². The van der Waals surface area contributed by atoms with Gasteiger partial charge in [-0.2, -0.15) is 0 Å². The van der Waals surface area contributed by atoms with Crippen LogP contribution in [0.1, 0.15) is 37.7 Å². The normalized spacial score (nSPS) is 24.6. The molecule has 1 aromatic rings. The molecule has 0 aromatic heterocycles. The van der Waals surface area contributed by atoms with Gasteiger partial charge in [0, 0.05) is 12.3 Å². The van der Waals surface area contributed by atoms with Gasteiger partial charge in [-0.1, -0.05) is 37.3 Å². The molecular formula is C13H16O. The second kappa shape index (κ2) is 3.95. The van der Waals surface area contributed by atoms with Gasteiger partial charge in [-0.05, 0) is 24.3 Å². The Kier molecular flexibility index (Phi) is 2.67. The highest BCUT2D eigenvalue weighted by Gasteiger charge is 2.42. The second-order valence-electron chi connectivity index (χ2n) is 4.08. The minimum atomic E-state index is 0.331. The fourth-order valence-corrected chi connectivity index (χ4v) is 2.05. The Hall–Kier alpha value is -1.11. The Morgan fingerprint density at radius 2 is 2.07 bits per heavy atom. The first-order chi connectivity index (χ1) is 6.83. The molecule has 1 aliphatic carbocycles. The second-order valence-corrected chi connectivity index (χ2v) is 4.08. The van der Waals surface area contributed by atoms with Crippen LogP contribution >= 0.6 is 0 Å². The van der Waals surface area contributed by atoms with E-state index in [9.17, 15) is 4.79 Å². The van der Waals surface area contributed by atoms with E-state index in [2.05, 4.69) is 31.2 Å². The predicted octanol–water partition coefficient (Wildman–Crippen LogP) is 3.16. The summed E-state index contributed by atoms with van der Waals surface area (Å²) in [4.78, 5) is 11.6. The number of hydrogen-bond donors (Lipinski definition) is 0. The largest absolute Gasteiger partial charge is 0.299 e. The fraction of sp³-hybridized carbons (Fsp3) is 0.462. The molecule has 1 aliphatic rings. The molecule has 2 atom stereocenters. The van der Waals surface area contributed by atoms with Crippen molar-refractivity contribution in [3.05, 3.63) is 35.9 Å². The van der Waals surface area contributed by atoms with E-state index in [1.165, 1.54) is 5.56 Å². The third kappa shape index (κ3) is 1.87. The number of Topliss-reactive ketones (excluding diaryl/α,β-unsaturated/α-hetero) is 1. The Labute approximate surface area is 85.1 Å². The van der Waals surface area contributed by atoms with Crippen LogP contribution in [-0.4, -0.2) is 5.78 Å². The molecule has 2 rings (SSSR count). The first-order valence-electron chi connectivity index (χ1n) is 5.40. The summed E-state index contributed by atoms with van der Waals surface area (Å²) < 4.78 is 0. The number of hydrogen-bond acceptors (Lipinski definition) is 1. The Morgan fingerprint density at radius 3 is 2.71 bits per heavy atom. The molecule has 0 aliphatic heterocycles. The van der Waals surface area contributed by atoms with Gasteiger partial charge < -0.3 is 0 Å². The van der Waals surface area contributed by atoms with Crippen LogP contribution in [0.15, 0.2) is 30.3 Å². The summed E-state index contributed by atoms with van der Waals surface area (Å²) in [5, 5.41) is 0. The van der Waals surface area contributed by atoms with Crippen LogP contribution in [0, 0.1) is 5.92 Å². The molecule has 1 nitrogen and oxygen atoms in total. The molecule has 0 heterocycles. The highest BCUT2D eigenvalue weighted by molar-refractivity contribution is 5.84. The standard InChI is InChI=1S/C13H16O/c1-2-6-13(14)12-9-11(12)10-7-4-3-5-8-10/h3-5,7-8,11-12H,2,6,9H2,1H3/t11-,12+/m0/s1. The quantitative estimate of drug-likeness (QED) is 0.709. The molecule has 0 bridgehead atoms. The summed E-state index contributed by atoms with van der Waals surface area (Å²) in [5.41, 5.74) is 1.34. The zero-order valence-electron chi connectivity index (χ0n) is 8.57. The van der Waals surface area contributed by atoms with Crippen molar-refractivity contribution in [2.45, 2.75) is 32.1 Å². The molecule has 0 unspecified atom stereocenters. The van der Waals surface area contributed by atoms with E-state index in [4.69, 9.17) is 0 Å². The molecule has 1 aromatic carbocycles. The molecule has 0 radical (unpaired) electrons. The van der Waals surface area contributed by atoms with Gasteiger partial charge in [-0.3, -0.25) is 4.79 Å². The van der Waals surface area contributed by atoms with Crippen LogP contribution in [0.4, 0.5) is 0 Å². The lowest BCUT2D eigenvalue weighted by Crippen LogP contribution is -2.00. The van der Waals surface area contributed by atoms with Crippen LogP contribution in [0.2, 0.25) is 0 Å². The van der Waals surface area contributed by atoms with Crippen LogP contribution in [0.3, 0.4) is 0 Å². The summed E-state index contributed by atoms with van der Waals surface area (Å²) >= 11 is 0. The maximum Gasteiger partial charge on any atom is 0.136 e. The van der Waals surface area contributed by atoms with Gasteiger partial charge in [-0.15, -0.1) is 0 Å². The van der Waals surface area contributed by atoms with Gasteiger partial charge >= 0.3 is 0 Å². The Balaban J connectivity index is 1.96. The van der Waals surface area contributed by atoms with E-state index in [-0.39, 0.29) is 0 Å². The average Bonchev–Trinajstić information content (AvgIpc) is 2.99. The molecule has 0 N–H and O–H groups in total. The van der Waals surface area contributed by atoms with Crippen LogP contribution in [0.5, 0.6) is 0 Å². The maximum atomic E-state index is 11.6. The third-order valence-electron chi connectivity index (χ3n) is 2.93. The smallest absolute Gasteiger partial charge is 0.136 e. The maximum absolute atomic E-state index is 11.6. The van der Waals surface area contributed by atoms with Gasteiger partial charge in [0.25, 0.3) is 0 Å². The van der Waals surface area contributed by atoms with Gasteiger partial charge in [0.2, 0.25) is 0 Å². The van der Waals surface area contributed by atoms with E-state index >= 15 is 0 Å². The molecule has 14 heavy (non-hydrogen) atoms. The molecule has 0 spiro atoms. The lowest BCUT2D eigenvalue weighted by Gasteiger charge is -1.98. The summed E-state index contributed by atoms with van der Waals surface area (Å²) in [6.45, 7) is 2.07. The van der Waals surface area contributed by atoms with Crippen molar-refractivity contribution in [1.82, 2.24) is 0 Å². The van der Waals surface area contributed by atoms with Crippen molar-refractivity contribution in [2.24, 2.45) is 5.92 Å². The molecular weight excluding hydrogens is 172 g/mol. The first-order valence-corrected chi connectivity index (χ1v) is 5.40. The summed E-state index contributed by atoms with van der Waals surface area (Å²) in [6, 6.07) is 10.4. The van der Waals surface area contributed by atoms with E-state index in [1.807, 2.05) is 6.07 Å². The molecule has 1 heteroatoms. The van der Waals surface area contributed by atoms with Crippen LogP contribution in [0.25, 0.3) is 0 Å². The average molecular weight is 188 g/mol. The minimum Gasteiger partial charge on any atom is -0.299 e. The summed E-state index contributed by atoms with van der Waals surface area (Å²) in [6.07, 6.45) is 2.81.